The van der Waals surface area contributed by atoms with Gasteiger partial charge in [-0.3, -0.25) is 0 Å². The molecule has 46 valence electrons. The summed E-state index contributed by atoms with van der Waals surface area (Å²) in [6.45, 7) is 0. The van der Waals surface area contributed by atoms with Gasteiger partial charge in [0.25, 0.3) is 0 Å². The Balaban J connectivity index is 2.46. The third-order valence-electron chi connectivity index (χ3n) is 1.30. The summed E-state index contributed by atoms with van der Waals surface area (Å²) >= 11 is 0. The maximum Gasteiger partial charge on any atom is 0.344 e. The minimum atomic E-state index is -0.727. The SMILES string of the molecule is NOC(=O)C1(N)CC1. The molecule has 1 fully saturated rings. The normalized spacial score (nSPS) is 22.2. The van der Waals surface area contributed by atoms with Crippen LogP contribution < -0.4 is 11.6 Å². The average molecular weight is 116 g/mol. The fraction of sp³-hybridized carbons (Fsp3) is 0.750. The summed E-state index contributed by atoms with van der Waals surface area (Å²) < 4.78 is 0. The first-order valence-corrected chi connectivity index (χ1v) is 2.39. The molecule has 1 aliphatic carbocycles. The van der Waals surface area contributed by atoms with Crippen LogP contribution in [0.4, 0.5) is 0 Å². The van der Waals surface area contributed by atoms with Crippen molar-refractivity contribution in [3.05, 3.63) is 0 Å². The first-order valence-electron chi connectivity index (χ1n) is 2.39. The van der Waals surface area contributed by atoms with E-state index in [2.05, 4.69) is 10.7 Å². The molecule has 1 rings (SSSR count). The van der Waals surface area contributed by atoms with E-state index in [1.807, 2.05) is 0 Å². The predicted molar refractivity (Wildman–Crippen MR) is 26.4 cm³/mol. The number of carbonyl (C=O) groups excluding carboxylic acids is 1. The van der Waals surface area contributed by atoms with Crippen LogP contribution in [0.2, 0.25) is 0 Å². The lowest BCUT2D eigenvalue weighted by molar-refractivity contribution is -0.146. The molecule has 0 unspecified atom stereocenters. The molecule has 1 aliphatic rings. The van der Waals surface area contributed by atoms with Crippen LogP contribution in [0.25, 0.3) is 0 Å². The van der Waals surface area contributed by atoms with Crippen LogP contribution in [0.1, 0.15) is 12.8 Å². The van der Waals surface area contributed by atoms with Crippen molar-refractivity contribution in [2.45, 2.75) is 18.4 Å². The molecule has 0 aromatic carbocycles. The van der Waals surface area contributed by atoms with E-state index < -0.39 is 11.5 Å². The summed E-state index contributed by atoms with van der Waals surface area (Å²) in [6, 6.07) is 0. The average Bonchev–Trinajstić information content (AvgIpc) is 2.47. The minimum absolute atomic E-state index is 0.502. The largest absolute Gasteiger partial charge is 0.372 e. The quantitative estimate of drug-likeness (QED) is 0.426. The molecule has 4 N–H and O–H groups in total. The Hall–Kier alpha value is -0.610. The lowest BCUT2D eigenvalue weighted by Crippen LogP contribution is -2.36. The number of rotatable bonds is 1. The first-order chi connectivity index (χ1) is 3.69. The van der Waals surface area contributed by atoms with Gasteiger partial charge in [0.05, 0.1) is 0 Å². The minimum Gasteiger partial charge on any atom is -0.372 e. The van der Waals surface area contributed by atoms with Crippen molar-refractivity contribution in [3.63, 3.8) is 0 Å². The van der Waals surface area contributed by atoms with Crippen LogP contribution in [0.5, 0.6) is 0 Å². The number of hydrogen-bond donors (Lipinski definition) is 2. The van der Waals surface area contributed by atoms with E-state index in [0.29, 0.717) is 12.8 Å². The molecule has 0 saturated heterocycles. The molecular formula is C4H8N2O2. The molecule has 4 heteroatoms. The lowest BCUT2D eigenvalue weighted by Gasteiger charge is -2.01. The van der Waals surface area contributed by atoms with Gasteiger partial charge < -0.3 is 10.6 Å². The Kier molecular flexibility index (Phi) is 0.988. The summed E-state index contributed by atoms with van der Waals surface area (Å²) in [5.74, 6) is 4.07. The van der Waals surface area contributed by atoms with E-state index in [4.69, 9.17) is 5.73 Å². The Bertz CT molecular complexity index is 119. The van der Waals surface area contributed by atoms with Crippen LogP contribution in [0, 0.1) is 0 Å². The van der Waals surface area contributed by atoms with E-state index in [1.54, 1.807) is 0 Å². The zero-order chi connectivity index (χ0) is 6.20. The van der Waals surface area contributed by atoms with Gasteiger partial charge in [-0.2, -0.15) is 5.90 Å². The molecule has 0 bridgehead atoms. The van der Waals surface area contributed by atoms with E-state index in [0.717, 1.165) is 0 Å². The summed E-state index contributed by atoms with van der Waals surface area (Å²) in [5.41, 5.74) is 4.62. The van der Waals surface area contributed by atoms with Crippen molar-refractivity contribution in [1.82, 2.24) is 0 Å². The molecule has 8 heavy (non-hydrogen) atoms. The molecule has 4 nitrogen and oxygen atoms in total. The van der Waals surface area contributed by atoms with Gasteiger partial charge in [0.15, 0.2) is 0 Å². The fourth-order valence-corrected chi connectivity index (χ4v) is 0.456. The third-order valence-corrected chi connectivity index (χ3v) is 1.30. The van der Waals surface area contributed by atoms with Crippen molar-refractivity contribution in [1.29, 1.82) is 0 Å². The summed E-state index contributed by atoms with van der Waals surface area (Å²) in [6.07, 6.45) is 1.39. The predicted octanol–water partition coefficient (Wildman–Crippen LogP) is -1.11. The Morgan fingerprint density at radius 3 is 2.25 bits per heavy atom. The number of carbonyl (C=O) groups is 1. The monoisotopic (exact) mass is 116 g/mol. The van der Waals surface area contributed by atoms with Crippen LogP contribution in [0.15, 0.2) is 0 Å². The maximum atomic E-state index is 10.4. The molecule has 0 aromatic heterocycles. The van der Waals surface area contributed by atoms with E-state index in [9.17, 15) is 4.79 Å². The highest BCUT2D eigenvalue weighted by Crippen LogP contribution is 2.32. The number of hydrogen-bond acceptors (Lipinski definition) is 4. The van der Waals surface area contributed by atoms with Crippen molar-refractivity contribution in [2.75, 3.05) is 0 Å². The topological polar surface area (TPSA) is 78.3 Å². The standard InChI is InChI=1S/C4H8N2O2/c5-4(1-2-4)3(7)8-6/h1-2,5-6H2. The zero-order valence-corrected chi connectivity index (χ0v) is 4.39. The fourth-order valence-electron chi connectivity index (χ4n) is 0.456. The van der Waals surface area contributed by atoms with Gasteiger partial charge in [0.2, 0.25) is 0 Å². The van der Waals surface area contributed by atoms with Crippen molar-refractivity contribution in [3.8, 4) is 0 Å². The van der Waals surface area contributed by atoms with Gasteiger partial charge in [-0.15, -0.1) is 0 Å². The smallest absolute Gasteiger partial charge is 0.344 e. The van der Waals surface area contributed by atoms with Gasteiger partial charge in [-0.1, -0.05) is 0 Å². The summed E-state index contributed by atoms with van der Waals surface area (Å²) in [7, 11) is 0. The number of nitrogens with two attached hydrogens (primary N) is 2. The first kappa shape index (κ1) is 5.53. The van der Waals surface area contributed by atoms with E-state index >= 15 is 0 Å². The van der Waals surface area contributed by atoms with Crippen molar-refractivity contribution >= 4 is 5.97 Å². The Morgan fingerprint density at radius 1 is 1.62 bits per heavy atom. The zero-order valence-electron chi connectivity index (χ0n) is 4.39. The van der Waals surface area contributed by atoms with Gasteiger partial charge in [-0.05, 0) is 12.8 Å². The van der Waals surface area contributed by atoms with E-state index in [1.165, 1.54) is 0 Å². The van der Waals surface area contributed by atoms with Gasteiger partial charge >= 0.3 is 5.97 Å². The molecule has 0 radical (unpaired) electrons. The van der Waals surface area contributed by atoms with Gasteiger partial charge in [0, 0.05) is 0 Å². The molecule has 1 saturated carbocycles. The third kappa shape index (κ3) is 0.677. The Morgan fingerprint density at radius 2 is 2.12 bits per heavy atom. The second-order valence-electron chi connectivity index (χ2n) is 2.06. The van der Waals surface area contributed by atoms with Gasteiger partial charge in [0.1, 0.15) is 5.54 Å². The molecule has 0 aliphatic heterocycles. The van der Waals surface area contributed by atoms with Crippen molar-refractivity contribution in [2.24, 2.45) is 11.6 Å². The maximum absolute atomic E-state index is 10.4. The summed E-state index contributed by atoms with van der Waals surface area (Å²) in [5, 5.41) is 0. The van der Waals surface area contributed by atoms with Gasteiger partial charge in [-0.25, -0.2) is 4.79 Å². The van der Waals surface area contributed by atoms with Crippen LogP contribution in [-0.4, -0.2) is 11.5 Å². The molecular weight excluding hydrogens is 108 g/mol. The molecule has 0 atom stereocenters. The highest BCUT2D eigenvalue weighted by molar-refractivity contribution is 5.83. The molecule has 0 spiro atoms. The second-order valence-corrected chi connectivity index (χ2v) is 2.06. The van der Waals surface area contributed by atoms with Crippen molar-refractivity contribution < 1.29 is 9.63 Å². The van der Waals surface area contributed by atoms with Crippen LogP contribution in [-0.2, 0) is 9.63 Å². The highest BCUT2D eigenvalue weighted by Gasteiger charge is 2.47. The van der Waals surface area contributed by atoms with Crippen LogP contribution >= 0.6 is 0 Å². The summed E-state index contributed by atoms with van der Waals surface area (Å²) in [4.78, 5) is 14.3. The second kappa shape index (κ2) is 1.43. The molecule has 0 heterocycles. The van der Waals surface area contributed by atoms with Crippen LogP contribution in [0.3, 0.4) is 0 Å². The highest BCUT2D eigenvalue weighted by atomic mass is 16.7. The Labute approximate surface area is 46.7 Å². The molecule has 0 aromatic rings. The molecule has 0 amide bonds. The van der Waals surface area contributed by atoms with E-state index in [-0.39, 0.29) is 0 Å². The lowest BCUT2D eigenvalue weighted by atomic mass is 10.3.